The lowest BCUT2D eigenvalue weighted by Gasteiger charge is -2.22. The van der Waals surface area contributed by atoms with Crippen LogP contribution < -0.4 is 0 Å². The second-order valence-corrected chi connectivity index (χ2v) is 5.14. The van der Waals surface area contributed by atoms with Crippen LogP contribution in [0.5, 0.6) is 5.75 Å². The number of hydrogen-bond acceptors (Lipinski definition) is 7. The van der Waals surface area contributed by atoms with E-state index in [1.807, 2.05) is 0 Å². The normalized spacial score (nSPS) is 13.0. The minimum atomic E-state index is -1.51. The first-order valence-corrected chi connectivity index (χ1v) is 7.21. The van der Waals surface area contributed by atoms with Crippen LogP contribution in [-0.2, 0) is 19.2 Å². The standard InChI is InChI=1S/C16H19NO7/c1-10(20)16(24)17(15(23)6-7-18)8-14(22)13(9-19)11-2-4-12(21)5-3-11/h2-5,9-10,13,18,20-21H,6-8H2,1H3. The van der Waals surface area contributed by atoms with Gasteiger partial charge in [0, 0.05) is 0 Å². The van der Waals surface area contributed by atoms with Crippen molar-refractivity contribution in [3.63, 3.8) is 0 Å². The Morgan fingerprint density at radius 1 is 1.21 bits per heavy atom. The van der Waals surface area contributed by atoms with Crippen molar-refractivity contribution >= 4 is 23.9 Å². The number of nitrogens with zero attached hydrogens (tertiary/aromatic N) is 1. The Morgan fingerprint density at radius 2 is 1.79 bits per heavy atom. The molecule has 130 valence electrons. The van der Waals surface area contributed by atoms with E-state index in [1.54, 1.807) is 0 Å². The van der Waals surface area contributed by atoms with Gasteiger partial charge in [-0.05, 0) is 24.6 Å². The molecule has 0 spiro atoms. The predicted molar refractivity (Wildman–Crippen MR) is 82.0 cm³/mol. The number of ketones is 1. The number of aliphatic hydroxyl groups excluding tert-OH is 2. The summed E-state index contributed by atoms with van der Waals surface area (Å²) in [5.74, 6) is -3.81. The summed E-state index contributed by atoms with van der Waals surface area (Å²) in [5, 5.41) is 27.4. The first kappa shape index (κ1) is 19.5. The molecule has 0 saturated heterocycles. The van der Waals surface area contributed by atoms with Crippen LogP contribution in [0.15, 0.2) is 24.3 Å². The number of hydrogen-bond donors (Lipinski definition) is 3. The summed E-state index contributed by atoms with van der Waals surface area (Å²) < 4.78 is 0. The van der Waals surface area contributed by atoms with Crippen LogP contribution in [0.3, 0.4) is 0 Å². The van der Waals surface area contributed by atoms with Crippen molar-refractivity contribution in [1.29, 1.82) is 0 Å². The zero-order chi connectivity index (χ0) is 18.3. The molecule has 1 rings (SSSR count). The highest BCUT2D eigenvalue weighted by Crippen LogP contribution is 2.19. The van der Waals surface area contributed by atoms with Gasteiger partial charge in [0.2, 0.25) is 5.91 Å². The average Bonchev–Trinajstić information content (AvgIpc) is 2.54. The zero-order valence-electron chi connectivity index (χ0n) is 13.1. The molecule has 1 aromatic carbocycles. The van der Waals surface area contributed by atoms with E-state index in [0.717, 1.165) is 6.92 Å². The third kappa shape index (κ3) is 4.97. The highest BCUT2D eigenvalue weighted by atomic mass is 16.3. The van der Waals surface area contributed by atoms with Crippen molar-refractivity contribution in [2.75, 3.05) is 13.2 Å². The Kier molecular flexibility index (Phi) is 7.22. The molecule has 0 bridgehead atoms. The minimum Gasteiger partial charge on any atom is -0.508 e. The predicted octanol–water partition coefficient (Wildman–Crippen LogP) is -0.638. The molecule has 0 aromatic heterocycles. The number of benzene rings is 1. The number of phenolic OH excluding ortho intramolecular Hbond substituents is 1. The van der Waals surface area contributed by atoms with Crippen LogP contribution in [0, 0.1) is 0 Å². The molecular formula is C16H19NO7. The highest BCUT2D eigenvalue weighted by Gasteiger charge is 2.30. The summed E-state index contributed by atoms with van der Waals surface area (Å²) >= 11 is 0. The Morgan fingerprint density at radius 3 is 2.25 bits per heavy atom. The van der Waals surface area contributed by atoms with Gasteiger partial charge in [-0.3, -0.25) is 19.3 Å². The number of carbonyl (C=O) groups excluding carboxylic acids is 4. The maximum Gasteiger partial charge on any atom is 0.258 e. The molecule has 0 radical (unpaired) electrons. The van der Waals surface area contributed by atoms with Gasteiger partial charge >= 0.3 is 0 Å². The van der Waals surface area contributed by atoms with Gasteiger partial charge in [0.15, 0.2) is 5.78 Å². The quantitative estimate of drug-likeness (QED) is 0.424. The minimum absolute atomic E-state index is 0.0418. The zero-order valence-corrected chi connectivity index (χ0v) is 13.1. The number of carbonyl (C=O) groups is 4. The maximum absolute atomic E-state index is 12.3. The topological polar surface area (TPSA) is 132 Å². The third-order valence-corrected chi connectivity index (χ3v) is 3.30. The molecule has 2 unspecified atom stereocenters. The van der Waals surface area contributed by atoms with Crippen LogP contribution in [0.4, 0.5) is 0 Å². The molecule has 2 atom stereocenters. The number of aromatic hydroxyl groups is 1. The Labute approximate surface area is 138 Å². The van der Waals surface area contributed by atoms with Crippen molar-refractivity contribution in [2.24, 2.45) is 0 Å². The average molecular weight is 337 g/mol. The van der Waals surface area contributed by atoms with Gasteiger partial charge in [0.25, 0.3) is 5.91 Å². The van der Waals surface area contributed by atoms with Gasteiger partial charge in [-0.1, -0.05) is 12.1 Å². The van der Waals surface area contributed by atoms with Crippen LogP contribution in [-0.4, -0.2) is 63.4 Å². The fourth-order valence-electron chi connectivity index (χ4n) is 2.02. The molecule has 24 heavy (non-hydrogen) atoms. The highest BCUT2D eigenvalue weighted by molar-refractivity contribution is 6.05. The lowest BCUT2D eigenvalue weighted by molar-refractivity contribution is -0.153. The smallest absolute Gasteiger partial charge is 0.258 e. The number of aldehydes is 1. The van der Waals surface area contributed by atoms with Crippen molar-refractivity contribution in [2.45, 2.75) is 25.4 Å². The number of Topliss-reactive ketones (excluding diaryl/α,β-unsaturated/α-hetero) is 1. The Hall–Kier alpha value is -2.58. The van der Waals surface area contributed by atoms with E-state index in [2.05, 4.69) is 0 Å². The number of imide groups is 1. The van der Waals surface area contributed by atoms with Crippen LogP contribution in [0.25, 0.3) is 0 Å². The molecule has 0 heterocycles. The van der Waals surface area contributed by atoms with E-state index in [9.17, 15) is 29.4 Å². The fourth-order valence-corrected chi connectivity index (χ4v) is 2.02. The molecule has 0 fully saturated rings. The molecule has 8 heteroatoms. The number of aliphatic hydroxyl groups is 2. The lowest BCUT2D eigenvalue weighted by atomic mass is 9.95. The molecular weight excluding hydrogens is 318 g/mol. The van der Waals surface area contributed by atoms with E-state index in [0.29, 0.717) is 16.7 Å². The summed E-state index contributed by atoms with van der Waals surface area (Å²) in [6.45, 7) is -0.0816. The second kappa shape index (κ2) is 8.90. The van der Waals surface area contributed by atoms with Crippen LogP contribution in [0.2, 0.25) is 0 Å². The molecule has 3 N–H and O–H groups in total. The van der Waals surface area contributed by atoms with Crippen molar-refractivity contribution in [3.05, 3.63) is 29.8 Å². The molecule has 8 nitrogen and oxygen atoms in total. The summed E-state index contributed by atoms with van der Waals surface area (Å²) in [4.78, 5) is 47.9. The van der Waals surface area contributed by atoms with Gasteiger partial charge in [-0.15, -0.1) is 0 Å². The van der Waals surface area contributed by atoms with Crippen LogP contribution in [0.1, 0.15) is 24.8 Å². The summed E-state index contributed by atoms with van der Waals surface area (Å²) in [5.41, 5.74) is 0.298. The third-order valence-electron chi connectivity index (χ3n) is 3.30. The van der Waals surface area contributed by atoms with Gasteiger partial charge in [0.1, 0.15) is 24.1 Å². The van der Waals surface area contributed by atoms with Crippen LogP contribution >= 0.6 is 0 Å². The summed E-state index contributed by atoms with van der Waals surface area (Å²) in [6, 6.07) is 5.36. The fraction of sp³-hybridized carbons (Fsp3) is 0.375. The molecule has 0 aliphatic heterocycles. The van der Waals surface area contributed by atoms with Gasteiger partial charge < -0.3 is 20.1 Å². The van der Waals surface area contributed by atoms with E-state index in [-0.39, 0.29) is 5.75 Å². The molecule has 2 amide bonds. The van der Waals surface area contributed by atoms with Crippen molar-refractivity contribution in [1.82, 2.24) is 4.90 Å². The van der Waals surface area contributed by atoms with Crippen molar-refractivity contribution in [3.8, 4) is 5.75 Å². The van der Waals surface area contributed by atoms with Gasteiger partial charge in [-0.2, -0.15) is 0 Å². The number of phenols is 1. The largest absolute Gasteiger partial charge is 0.508 e. The first-order chi connectivity index (χ1) is 11.3. The Balaban J connectivity index is 3.00. The monoisotopic (exact) mass is 337 g/mol. The lowest BCUT2D eigenvalue weighted by Crippen LogP contribution is -2.46. The molecule has 0 saturated carbocycles. The second-order valence-electron chi connectivity index (χ2n) is 5.14. The van der Waals surface area contributed by atoms with Gasteiger partial charge in [-0.25, -0.2) is 0 Å². The number of amides is 2. The van der Waals surface area contributed by atoms with Gasteiger partial charge in [0.05, 0.1) is 19.6 Å². The van der Waals surface area contributed by atoms with Crippen molar-refractivity contribution < 1.29 is 34.5 Å². The number of rotatable bonds is 8. The first-order valence-electron chi connectivity index (χ1n) is 7.21. The summed E-state index contributed by atoms with van der Waals surface area (Å²) in [7, 11) is 0. The maximum atomic E-state index is 12.3. The Bertz CT molecular complexity index is 609. The van der Waals surface area contributed by atoms with E-state index in [4.69, 9.17) is 5.11 Å². The summed E-state index contributed by atoms with van der Waals surface area (Å²) in [6.07, 6.45) is -1.53. The SMILES string of the molecule is CC(O)C(=O)N(CC(=O)C(C=O)c1ccc(O)cc1)C(=O)CCO. The van der Waals surface area contributed by atoms with E-state index < -0.39 is 49.2 Å². The van der Waals surface area contributed by atoms with E-state index in [1.165, 1.54) is 24.3 Å². The molecule has 0 aliphatic carbocycles. The van der Waals surface area contributed by atoms with E-state index >= 15 is 0 Å². The molecule has 0 aliphatic rings. The molecule has 1 aromatic rings.